The first kappa shape index (κ1) is 18.2. The van der Waals surface area contributed by atoms with Gasteiger partial charge in [0.15, 0.2) is 12.0 Å². The van der Waals surface area contributed by atoms with Crippen LogP contribution in [0, 0.1) is 12.8 Å². The first-order chi connectivity index (χ1) is 13.5. The minimum absolute atomic E-state index is 0.00724. The van der Waals surface area contributed by atoms with Crippen molar-refractivity contribution in [3.05, 3.63) is 47.9 Å². The van der Waals surface area contributed by atoms with Crippen molar-refractivity contribution in [2.75, 3.05) is 5.32 Å². The zero-order chi connectivity index (χ0) is 19.8. The van der Waals surface area contributed by atoms with Gasteiger partial charge < -0.3 is 15.1 Å². The fraction of sp³-hybridized carbons (Fsp3) is 0.350. The van der Waals surface area contributed by atoms with E-state index in [2.05, 4.69) is 21.0 Å². The van der Waals surface area contributed by atoms with Gasteiger partial charge in [-0.05, 0) is 32.4 Å². The van der Waals surface area contributed by atoms with E-state index in [9.17, 15) is 9.59 Å². The van der Waals surface area contributed by atoms with E-state index in [1.807, 2.05) is 45.0 Å². The van der Waals surface area contributed by atoms with E-state index in [4.69, 9.17) is 4.42 Å². The van der Waals surface area contributed by atoms with Gasteiger partial charge in [-0.3, -0.25) is 14.9 Å². The third-order valence-electron chi connectivity index (χ3n) is 5.07. The average Bonchev–Trinajstić information content (AvgIpc) is 3.24. The van der Waals surface area contributed by atoms with Crippen LogP contribution in [0.2, 0.25) is 0 Å². The molecule has 0 saturated carbocycles. The van der Waals surface area contributed by atoms with E-state index in [0.29, 0.717) is 11.4 Å². The monoisotopic (exact) mass is 381 g/mol. The molecule has 0 aliphatic carbocycles. The highest BCUT2D eigenvalue weighted by Crippen LogP contribution is 2.23. The summed E-state index contributed by atoms with van der Waals surface area (Å²) in [6, 6.07) is 10.9. The van der Waals surface area contributed by atoms with Gasteiger partial charge in [0, 0.05) is 17.5 Å². The molecule has 28 heavy (non-hydrogen) atoms. The molecule has 1 fully saturated rings. The second kappa shape index (κ2) is 7.12. The zero-order valence-corrected chi connectivity index (χ0v) is 16.0. The van der Waals surface area contributed by atoms with Crippen LogP contribution in [0.25, 0.3) is 11.0 Å². The van der Waals surface area contributed by atoms with Crippen LogP contribution in [-0.4, -0.2) is 27.6 Å². The van der Waals surface area contributed by atoms with Gasteiger partial charge >= 0.3 is 0 Å². The highest BCUT2D eigenvalue weighted by Gasteiger charge is 2.34. The molecule has 0 spiro atoms. The Labute approximate surface area is 162 Å². The Balaban J connectivity index is 1.58. The van der Waals surface area contributed by atoms with Gasteiger partial charge in [0.25, 0.3) is 5.91 Å². The summed E-state index contributed by atoms with van der Waals surface area (Å²) in [5, 5.41) is 14.4. The van der Waals surface area contributed by atoms with Crippen LogP contribution >= 0.6 is 0 Å². The Morgan fingerprint density at radius 2 is 2.11 bits per heavy atom. The van der Waals surface area contributed by atoms with Gasteiger partial charge in [0.2, 0.25) is 5.91 Å². The summed E-state index contributed by atoms with van der Waals surface area (Å²) in [7, 11) is 0. The molecule has 2 amide bonds. The lowest BCUT2D eigenvalue weighted by atomic mass is 9.95. The second-order valence-corrected chi connectivity index (χ2v) is 7.10. The maximum absolute atomic E-state index is 12.7. The van der Waals surface area contributed by atoms with Crippen LogP contribution in [0.4, 0.5) is 5.82 Å². The Bertz CT molecular complexity index is 1000. The van der Waals surface area contributed by atoms with Crippen LogP contribution in [0.15, 0.2) is 40.8 Å². The molecule has 2 aromatic heterocycles. The molecule has 1 saturated heterocycles. The Kier molecular flexibility index (Phi) is 4.64. The molecular weight excluding hydrogens is 358 g/mol. The van der Waals surface area contributed by atoms with Crippen molar-refractivity contribution in [3.63, 3.8) is 0 Å². The molecule has 8 heteroatoms. The Morgan fingerprint density at radius 1 is 1.32 bits per heavy atom. The molecule has 3 heterocycles. The van der Waals surface area contributed by atoms with Crippen LogP contribution in [-0.2, 0) is 4.79 Å². The molecule has 1 aliphatic heterocycles. The summed E-state index contributed by atoms with van der Waals surface area (Å²) in [6.45, 7) is 5.79. The standard InChI is InChI=1S/C20H23N5O3/c1-4-14-12(3)21-20(23-18(14)26)25-17(9-11(2)24-25)22-19(27)16-10-13-7-5-6-8-15(13)28-16/h5-10,12,14,20-21H,4H2,1-3H3,(H,22,27)(H,23,26). The number of amides is 2. The third kappa shape index (κ3) is 3.27. The van der Waals surface area contributed by atoms with Crippen LogP contribution in [0.5, 0.6) is 0 Å². The molecule has 4 rings (SSSR count). The van der Waals surface area contributed by atoms with E-state index in [0.717, 1.165) is 17.5 Å². The summed E-state index contributed by atoms with van der Waals surface area (Å²) in [5.41, 5.74) is 1.37. The van der Waals surface area contributed by atoms with Crippen molar-refractivity contribution in [2.24, 2.45) is 5.92 Å². The smallest absolute Gasteiger partial charge is 0.292 e. The van der Waals surface area contributed by atoms with Gasteiger partial charge in [0.1, 0.15) is 11.4 Å². The molecule has 0 bridgehead atoms. The first-order valence-corrected chi connectivity index (χ1v) is 9.38. The number of carbonyl (C=O) groups is 2. The van der Waals surface area contributed by atoms with Gasteiger partial charge in [-0.15, -0.1) is 0 Å². The summed E-state index contributed by atoms with van der Waals surface area (Å²) < 4.78 is 7.21. The number of anilines is 1. The normalized spacial score (nSPS) is 22.2. The summed E-state index contributed by atoms with van der Waals surface area (Å²) in [5.74, 6) is 0.191. The lowest BCUT2D eigenvalue weighted by Gasteiger charge is -2.35. The molecule has 1 aliphatic rings. The number of nitrogens with zero attached hydrogens (tertiary/aromatic N) is 2. The Hall–Kier alpha value is -3.13. The number of hydrogen-bond donors (Lipinski definition) is 3. The number of fused-ring (bicyclic) bond motifs is 1. The van der Waals surface area contributed by atoms with Crippen molar-refractivity contribution in [2.45, 2.75) is 39.5 Å². The van der Waals surface area contributed by atoms with E-state index >= 15 is 0 Å². The van der Waals surface area contributed by atoms with Crippen LogP contribution in [0.3, 0.4) is 0 Å². The van der Waals surface area contributed by atoms with Gasteiger partial charge in [-0.25, -0.2) is 4.68 Å². The summed E-state index contributed by atoms with van der Waals surface area (Å²) in [4.78, 5) is 25.1. The minimum atomic E-state index is -0.537. The zero-order valence-electron chi connectivity index (χ0n) is 16.0. The number of hydrogen-bond acceptors (Lipinski definition) is 5. The first-order valence-electron chi connectivity index (χ1n) is 9.38. The van der Waals surface area contributed by atoms with Crippen molar-refractivity contribution in [1.82, 2.24) is 20.4 Å². The number of carbonyl (C=O) groups excluding carboxylic acids is 2. The molecule has 0 radical (unpaired) electrons. The molecule has 3 unspecified atom stereocenters. The predicted octanol–water partition coefficient (Wildman–Crippen LogP) is 2.78. The fourth-order valence-electron chi connectivity index (χ4n) is 3.62. The summed E-state index contributed by atoms with van der Waals surface area (Å²) >= 11 is 0. The molecule has 1 aromatic carbocycles. The molecule has 3 aromatic rings. The SMILES string of the molecule is CCC1C(=O)NC(n2nc(C)cc2NC(=O)c2cc3ccccc3o2)NC1C. The summed E-state index contributed by atoms with van der Waals surface area (Å²) in [6.07, 6.45) is 0.213. The second-order valence-electron chi connectivity index (χ2n) is 7.10. The fourth-order valence-corrected chi connectivity index (χ4v) is 3.62. The molecule has 146 valence electrons. The maximum Gasteiger partial charge on any atom is 0.292 e. The number of rotatable bonds is 4. The largest absolute Gasteiger partial charge is 0.451 e. The molecular formula is C20H23N5O3. The average molecular weight is 381 g/mol. The number of furan rings is 1. The third-order valence-corrected chi connectivity index (χ3v) is 5.07. The predicted molar refractivity (Wildman–Crippen MR) is 105 cm³/mol. The van der Waals surface area contributed by atoms with Crippen molar-refractivity contribution >= 4 is 28.6 Å². The highest BCUT2D eigenvalue weighted by molar-refractivity contribution is 6.04. The maximum atomic E-state index is 12.7. The lowest BCUT2D eigenvalue weighted by molar-refractivity contribution is -0.130. The quantitative estimate of drug-likeness (QED) is 0.645. The van der Waals surface area contributed by atoms with Crippen molar-refractivity contribution < 1.29 is 14.0 Å². The van der Waals surface area contributed by atoms with Crippen molar-refractivity contribution in [1.29, 1.82) is 0 Å². The van der Waals surface area contributed by atoms with Crippen molar-refractivity contribution in [3.8, 4) is 0 Å². The van der Waals surface area contributed by atoms with Crippen LogP contribution < -0.4 is 16.0 Å². The van der Waals surface area contributed by atoms with Gasteiger partial charge in [-0.2, -0.15) is 5.10 Å². The number of aryl methyl sites for hydroxylation is 1. The Morgan fingerprint density at radius 3 is 2.82 bits per heavy atom. The van der Waals surface area contributed by atoms with Gasteiger partial charge in [0.05, 0.1) is 11.6 Å². The minimum Gasteiger partial charge on any atom is -0.451 e. The number of benzene rings is 1. The van der Waals surface area contributed by atoms with Crippen LogP contribution in [0.1, 0.15) is 42.8 Å². The van der Waals surface area contributed by atoms with Gasteiger partial charge in [-0.1, -0.05) is 25.1 Å². The van der Waals surface area contributed by atoms with E-state index in [-0.39, 0.29) is 29.5 Å². The topological polar surface area (TPSA) is 101 Å². The van der Waals surface area contributed by atoms with E-state index in [1.165, 1.54) is 0 Å². The lowest BCUT2D eigenvalue weighted by Crippen LogP contribution is -2.57. The molecule has 3 atom stereocenters. The number of nitrogens with one attached hydrogen (secondary N) is 3. The van der Waals surface area contributed by atoms with E-state index in [1.54, 1.807) is 16.8 Å². The molecule has 3 N–H and O–H groups in total. The molecule has 8 nitrogen and oxygen atoms in total. The van der Waals surface area contributed by atoms with E-state index < -0.39 is 6.29 Å². The number of para-hydroxylation sites is 1. The number of aromatic nitrogens is 2. The highest BCUT2D eigenvalue weighted by atomic mass is 16.3.